The minimum atomic E-state index is -2.00. The van der Waals surface area contributed by atoms with E-state index < -0.39 is 191 Å². The predicted molar refractivity (Wildman–Crippen MR) is 260 cm³/mol. The zero-order valence-electron chi connectivity index (χ0n) is 43.2. The maximum absolute atomic E-state index is 13.7. The molecule has 4 fully saturated rings. The second-order valence-electron chi connectivity index (χ2n) is 19.5. The molecule has 19 N–H and O–H groups in total. The Kier molecular flexibility index (Phi) is 26.5. The largest absolute Gasteiger partial charge is 0.394 e. The van der Waals surface area contributed by atoms with E-state index in [4.69, 9.17) is 43.6 Å². The number of benzene rings is 1. The summed E-state index contributed by atoms with van der Waals surface area (Å²) in [4.78, 5) is 64.8. The monoisotopic (exact) mass is 1140 g/mol. The molecule has 0 aromatic heterocycles. The van der Waals surface area contributed by atoms with Gasteiger partial charge in [0.05, 0.1) is 45.2 Å². The average Bonchev–Trinajstić information content (AvgIpc) is 3.43. The SMILES string of the molecule is C[C@@H]1O[C@@H](OCCNC(=O)CC[C@H](NC(=O)CCCCC(=O)NC(=O)[C@@H](N)Cc2ccccc2)C(=O)NCCO[C@H]2O[C@H](CO[C@H]3O[C@H](CO)[C@@H](O)[C@H](O)[C@@H]3O)[C@@H](O)[C@H](O[C@H]3O[C@H](CO)[C@@H](O)[C@H](O)[C@@H]3O)[C@@H]2O)[C@@H](O)[C@H](O)[C@@H]1O. The molecule has 4 heterocycles. The van der Waals surface area contributed by atoms with Gasteiger partial charge in [-0.2, -0.15) is 0 Å². The normalized spacial score (nSPS) is 35.6. The number of ether oxygens (including phenoxy) is 8. The van der Waals surface area contributed by atoms with E-state index in [2.05, 4.69) is 21.3 Å². The van der Waals surface area contributed by atoms with E-state index >= 15 is 0 Å². The van der Waals surface area contributed by atoms with Crippen molar-refractivity contribution in [3.05, 3.63) is 35.9 Å². The van der Waals surface area contributed by atoms with E-state index in [0.29, 0.717) is 0 Å². The Morgan fingerprint density at radius 2 is 1.08 bits per heavy atom. The summed E-state index contributed by atoms with van der Waals surface area (Å²) < 4.78 is 44.3. The highest BCUT2D eigenvalue weighted by Crippen LogP contribution is 2.31. The van der Waals surface area contributed by atoms with Crippen LogP contribution in [0.5, 0.6) is 0 Å². The lowest BCUT2D eigenvalue weighted by Crippen LogP contribution is -2.65. The van der Waals surface area contributed by atoms with Gasteiger partial charge in [-0.3, -0.25) is 29.3 Å². The molecule has 5 amide bonds. The van der Waals surface area contributed by atoms with Crippen LogP contribution in [0.2, 0.25) is 0 Å². The molecule has 0 saturated carbocycles. The van der Waals surface area contributed by atoms with Gasteiger partial charge in [0.2, 0.25) is 29.5 Å². The topological polar surface area (TPSA) is 496 Å². The van der Waals surface area contributed by atoms with Crippen molar-refractivity contribution in [2.24, 2.45) is 5.73 Å². The average molecular weight is 1140 g/mol. The summed E-state index contributed by atoms with van der Waals surface area (Å²) in [6.07, 6.45) is -34.0. The van der Waals surface area contributed by atoms with E-state index in [0.717, 1.165) is 5.56 Å². The summed E-state index contributed by atoms with van der Waals surface area (Å²) in [5.41, 5.74) is 6.76. The Balaban J connectivity index is 1.18. The highest BCUT2D eigenvalue weighted by Gasteiger charge is 2.52. The zero-order chi connectivity index (χ0) is 58.1. The summed E-state index contributed by atoms with van der Waals surface area (Å²) in [7, 11) is 0. The Bertz CT molecular complexity index is 2050. The highest BCUT2D eigenvalue weighted by atomic mass is 16.8. The smallest absolute Gasteiger partial charge is 0.243 e. The van der Waals surface area contributed by atoms with Gasteiger partial charge in [-0.25, -0.2) is 0 Å². The minimum absolute atomic E-state index is 0.127. The molecule has 31 heteroatoms. The predicted octanol–water partition coefficient (Wildman–Crippen LogP) is -9.43. The minimum Gasteiger partial charge on any atom is -0.394 e. The fourth-order valence-electron chi connectivity index (χ4n) is 8.78. The number of aliphatic hydroxyl groups excluding tert-OH is 13. The third kappa shape index (κ3) is 18.7. The van der Waals surface area contributed by atoms with Gasteiger partial charge in [-0.1, -0.05) is 30.3 Å². The standard InChI is InChI=1S/C48H77N5O26/c1-21-31(59)35(63)38(66)45(75-21)72-15-13-50-28(56)12-11-24(52-29(57)9-5-6-10-30(58)53-43(70)23(49)17-22-7-3-2-4-8-22)44(71)51-14-16-73-47-41(69)42(79-48-40(68)37(65)33(61)26(19-55)77-48)34(62)27(78-47)20-74-46-39(67)36(64)32(60)25(18-54)76-46/h2-4,7-8,21,23-27,31-42,45-48,54-55,59-69H,5-6,9-20,49H2,1H3,(H,50,56)(H,51,71)(H,52,57)(H,53,58,70)/t21-,23-,24-,25+,26+,27+,31+,32+,33+,34+,35+,36-,37-,38-,39-,40-,41-,42-,45+,46-,47-,48+/m0/s1. The molecule has 0 bridgehead atoms. The lowest BCUT2D eigenvalue weighted by Gasteiger charge is -2.46. The Labute approximate surface area is 452 Å². The molecule has 4 aliphatic rings. The summed E-state index contributed by atoms with van der Waals surface area (Å²) in [5, 5.41) is 144. The van der Waals surface area contributed by atoms with E-state index in [9.17, 15) is 90.4 Å². The molecular formula is C48H77N5O26. The molecule has 0 aliphatic carbocycles. The number of amides is 5. The van der Waals surface area contributed by atoms with Gasteiger partial charge in [0.15, 0.2) is 25.2 Å². The molecule has 5 rings (SSSR count). The summed E-state index contributed by atoms with van der Waals surface area (Å²) in [6, 6.07) is 6.59. The number of aliphatic hydroxyl groups is 13. The molecule has 0 radical (unpaired) electrons. The van der Waals surface area contributed by atoms with Crippen LogP contribution in [-0.2, 0) is 68.3 Å². The third-order valence-corrected chi connectivity index (χ3v) is 13.5. The summed E-state index contributed by atoms with van der Waals surface area (Å²) in [5.74, 6) is -3.38. The number of imide groups is 1. The van der Waals surface area contributed by atoms with Gasteiger partial charge < -0.3 is 126 Å². The molecule has 4 aliphatic heterocycles. The van der Waals surface area contributed by atoms with E-state index in [-0.39, 0.29) is 64.6 Å². The van der Waals surface area contributed by atoms with Crippen LogP contribution in [0.4, 0.5) is 0 Å². The molecule has 0 unspecified atom stereocenters. The van der Waals surface area contributed by atoms with Gasteiger partial charge in [-0.05, 0) is 38.2 Å². The first-order valence-corrected chi connectivity index (χ1v) is 25.9. The number of carbonyl (C=O) groups excluding carboxylic acids is 5. The van der Waals surface area contributed by atoms with Crippen LogP contribution in [0.1, 0.15) is 51.0 Å². The molecular weight excluding hydrogens is 1060 g/mol. The van der Waals surface area contributed by atoms with Gasteiger partial charge in [0, 0.05) is 32.4 Å². The highest BCUT2D eigenvalue weighted by molar-refractivity contribution is 5.97. The quantitative estimate of drug-likeness (QED) is 0.0347. The van der Waals surface area contributed by atoms with Crippen LogP contribution in [0.25, 0.3) is 0 Å². The van der Waals surface area contributed by atoms with Gasteiger partial charge >= 0.3 is 0 Å². The number of carbonyl (C=O) groups is 5. The maximum atomic E-state index is 13.7. The van der Waals surface area contributed by atoms with Crippen LogP contribution in [-0.4, -0.2) is 277 Å². The third-order valence-electron chi connectivity index (χ3n) is 13.5. The lowest BCUT2D eigenvalue weighted by molar-refractivity contribution is -0.366. The molecule has 4 saturated heterocycles. The molecule has 1 aromatic rings. The zero-order valence-corrected chi connectivity index (χ0v) is 43.2. The van der Waals surface area contributed by atoms with Crippen molar-refractivity contribution < 1.29 is 128 Å². The van der Waals surface area contributed by atoms with Crippen LogP contribution < -0.4 is 27.0 Å². The first-order valence-electron chi connectivity index (χ1n) is 25.9. The number of rotatable bonds is 28. The lowest BCUT2D eigenvalue weighted by atomic mass is 9.96. The number of nitrogens with two attached hydrogens (primary N) is 1. The Hall–Kier alpha value is -4.11. The van der Waals surface area contributed by atoms with E-state index in [1.165, 1.54) is 6.92 Å². The fraction of sp³-hybridized carbons (Fsp3) is 0.771. The maximum Gasteiger partial charge on any atom is 0.243 e. The van der Waals surface area contributed by atoms with Crippen molar-refractivity contribution in [1.82, 2.24) is 21.3 Å². The van der Waals surface area contributed by atoms with Crippen LogP contribution >= 0.6 is 0 Å². The first-order chi connectivity index (χ1) is 37.6. The van der Waals surface area contributed by atoms with Crippen LogP contribution in [0.15, 0.2) is 30.3 Å². The van der Waals surface area contributed by atoms with Crippen molar-refractivity contribution in [3.8, 4) is 0 Å². The fourth-order valence-corrected chi connectivity index (χ4v) is 8.78. The molecule has 22 atom stereocenters. The van der Waals surface area contributed by atoms with Crippen molar-refractivity contribution in [1.29, 1.82) is 0 Å². The Morgan fingerprint density at radius 3 is 1.68 bits per heavy atom. The van der Waals surface area contributed by atoms with Gasteiger partial charge in [-0.15, -0.1) is 0 Å². The molecule has 31 nitrogen and oxygen atoms in total. The van der Waals surface area contributed by atoms with E-state index in [1.54, 1.807) is 30.3 Å². The number of hydrogen-bond acceptors (Lipinski definition) is 27. The van der Waals surface area contributed by atoms with Crippen molar-refractivity contribution in [2.45, 2.75) is 187 Å². The van der Waals surface area contributed by atoms with Crippen molar-refractivity contribution >= 4 is 29.5 Å². The van der Waals surface area contributed by atoms with Crippen molar-refractivity contribution in [2.75, 3.05) is 46.1 Å². The van der Waals surface area contributed by atoms with Crippen LogP contribution in [0.3, 0.4) is 0 Å². The number of nitrogens with one attached hydrogen (secondary N) is 4. The molecule has 0 spiro atoms. The van der Waals surface area contributed by atoms with E-state index in [1.807, 2.05) is 0 Å². The summed E-state index contributed by atoms with van der Waals surface area (Å²) >= 11 is 0. The molecule has 79 heavy (non-hydrogen) atoms. The van der Waals surface area contributed by atoms with Crippen LogP contribution in [0, 0.1) is 0 Å². The number of hydrogen-bond donors (Lipinski definition) is 18. The summed E-state index contributed by atoms with van der Waals surface area (Å²) in [6.45, 7) is -2.15. The van der Waals surface area contributed by atoms with Crippen molar-refractivity contribution in [3.63, 3.8) is 0 Å². The second-order valence-corrected chi connectivity index (χ2v) is 19.5. The second kappa shape index (κ2) is 31.9. The number of unbranched alkanes of at least 4 members (excludes halogenated alkanes) is 1. The molecule has 1 aromatic carbocycles. The Morgan fingerprint density at radius 1 is 0.557 bits per heavy atom. The molecule has 450 valence electrons. The van der Waals surface area contributed by atoms with Gasteiger partial charge in [0.25, 0.3) is 0 Å². The van der Waals surface area contributed by atoms with Gasteiger partial charge in [0.1, 0.15) is 97.6 Å². The first kappa shape index (κ1) is 65.7.